The third kappa shape index (κ3) is 2.94. The molecule has 2 aromatic rings. The molecular weight excluding hydrogens is 321 g/mol. The summed E-state index contributed by atoms with van der Waals surface area (Å²) < 4.78 is 0. The van der Waals surface area contributed by atoms with Gasteiger partial charge in [-0.15, -0.1) is 0 Å². The van der Waals surface area contributed by atoms with E-state index in [0.29, 0.717) is 21.7 Å². The van der Waals surface area contributed by atoms with Gasteiger partial charge in [0, 0.05) is 16.1 Å². The van der Waals surface area contributed by atoms with Crippen molar-refractivity contribution in [2.24, 2.45) is 11.1 Å². The van der Waals surface area contributed by atoms with Gasteiger partial charge in [-0.3, -0.25) is 0 Å². The van der Waals surface area contributed by atoms with Crippen molar-refractivity contribution in [1.29, 1.82) is 0 Å². The summed E-state index contributed by atoms with van der Waals surface area (Å²) in [5.41, 5.74) is 4.34. The number of oxime groups is 1. The molecule has 0 amide bonds. The van der Waals surface area contributed by atoms with Gasteiger partial charge < -0.3 is 4.84 Å². The van der Waals surface area contributed by atoms with E-state index in [4.69, 9.17) is 28.0 Å². The molecule has 3 rings (SSSR count). The first-order valence-corrected chi connectivity index (χ1v) is 7.76. The van der Waals surface area contributed by atoms with Crippen LogP contribution >= 0.6 is 23.2 Å². The zero-order valence-corrected chi connectivity index (χ0v) is 13.8. The lowest BCUT2D eigenvalue weighted by atomic mass is 9.86. The minimum Gasteiger partial charge on any atom is -0.399 e. The summed E-state index contributed by atoms with van der Waals surface area (Å²) in [6.45, 7) is 2.17. The predicted molar refractivity (Wildman–Crippen MR) is 88.5 cm³/mol. The van der Waals surface area contributed by atoms with Crippen LogP contribution < -0.4 is 0 Å². The smallest absolute Gasteiger partial charge is 0.106 e. The van der Waals surface area contributed by atoms with Crippen molar-refractivity contribution < 1.29 is 4.84 Å². The molecule has 0 N–H and O–H groups in total. The lowest BCUT2D eigenvalue weighted by Gasteiger charge is -2.21. The van der Waals surface area contributed by atoms with Gasteiger partial charge in [0.25, 0.3) is 0 Å². The summed E-state index contributed by atoms with van der Waals surface area (Å²) >= 11 is 12.2. The van der Waals surface area contributed by atoms with Gasteiger partial charge in [-0.2, -0.15) is 10.2 Å². The zero-order chi connectivity index (χ0) is 15.7. The molecule has 0 radical (unpaired) electrons. The molecule has 0 saturated heterocycles. The second kappa shape index (κ2) is 6.23. The van der Waals surface area contributed by atoms with Gasteiger partial charge in [0.15, 0.2) is 0 Å². The zero-order valence-electron chi connectivity index (χ0n) is 12.3. The molecule has 1 aromatic carbocycles. The van der Waals surface area contributed by atoms with Crippen LogP contribution in [0.15, 0.2) is 29.4 Å². The number of hydrogen-bond donors (Lipinski definition) is 0. The summed E-state index contributed by atoms with van der Waals surface area (Å²) in [6, 6.07) is 7.31. The Kier molecular flexibility index (Phi) is 4.32. The number of nitrogens with zero attached hydrogens (tertiary/aromatic N) is 3. The quantitative estimate of drug-likeness (QED) is 0.765. The normalized spacial score (nSPS) is 19.1. The lowest BCUT2D eigenvalue weighted by molar-refractivity contribution is 0.212. The molecule has 1 aliphatic rings. The van der Waals surface area contributed by atoms with E-state index >= 15 is 0 Å². The fraction of sp³-hybridized carbons (Fsp3) is 0.312. The number of aromatic nitrogens is 2. The molecule has 0 fully saturated rings. The van der Waals surface area contributed by atoms with Crippen molar-refractivity contribution in [2.75, 3.05) is 7.11 Å². The molecular formula is C16H15Cl2N3O. The van der Waals surface area contributed by atoms with E-state index in [1.165, 1.54) is 0 Å². The molecule has 1 aromatic heterocycles. The Labute approximate surface area is 139 Å². The van der Waals surface area contributed by atoms with Crippen molar-refractivity contribution in [3.8, 4) is 11.3 Å². The third-order valence-corrected chi connectivity index (χ3v) is 4.22. The first-order chi connectivity index (χ1) is 10.6. The van der Waals surface area contributed by atoms with Crippen LogP contribution in [0.3, 0.4) is 0 Å². The van der Waals surface area contributed by atoms with E-state index in [2.05, 4.69) is 22.3 Å². The third-order valence-electron chi connectivity index (χ3n) is 3.67. The molecule has 0 aliphatic heterocycles. The molecule has 0 spiro atoms. The highest BCUT2D eigenvalue weighted by Gasteiger charge is 2.24. The number of halogens is 2. The number of hydrogen-bond acceptors (Lipinski definition) is 4. The molecule has 114 valence electrons. The van der Waals surface area contributed by atoms with Crippen LogP contribution in [-0.4, -0.2) is 23.0 Å². The first-order valence-electron chi connectivity index (χ1n) is 7.01. The van der Waals surface area contributed by atoms with Crippen molar-refractivity contribution in [3.05, 3.63) is 45.6 Å². The van der Waals surface area contributed by atoms with Crippen molar-refractivity contribution in [1.82, 2.24) is 10.2 Å². The molecule has 1 aliphatic carbocycles. The molecule has 0 saturated carbocycles. The first kappa shape index (κ1) is 15.3. The van der Waals surface area contributed by atoms with E-state index in [-0.39, 0.29) is 0 Å². The molecule has 4 nitrogen and oxygen atoms in total. The van der Waals surface area contributed by atoms with Crippen LogP contribution in [0.5, 0.6) is 0 Å². The Bertz CT molecular complexity index is 746. The van der Waals surface area contributed by atoms with E-state index < -0.39 is 0 Å². The van der Waals surface area contributed by atoms with E-state index in [0.717, 1.165) is 35.4 Å². The summed E-state index contributed by atoms with van der Waals surface area (Å²) in [5, 5.41) is 14.0. The van der Waals surface area contributed by atoms with E-state index in [9.17, 15) is 0 Å². The van der Waals surface area contributed by atoms with Crippen LogP contribution in [0.2, 0.25) is 10.0 Å². The summed E-state index contributed by atoms with van der Waals surface area (Å²) in [7, 11) is 1.55. The van der Waals surface area contributed by atoms with Crippen LogP contribution in [0.25, 0.3) is 11.3 Å². The lowest BCUT2D eigenvalue weighted by Crippen LogP contribution is -2.21. The minimum absolute atomic E-state index is 0.473. The van der Waals surface area contributed by atoms with Gasteiger partial charge in [0.05, 0.1) is 22.1 Å². The van der Waals surface area contributed by atoms with Crippen LogP contribution in [-0.2, 0) is 11.3 Å². The van der Waals surface area contributed by atoms with Gasteiger partial charge in [-0.1, -0.05) is 35.3 Å². The standard InChI is InChI=1S/C16H15Cl2N3O/c1-9-5-14-12(16(6-9)21-22-2)8-15(20-19-14)11-4-3-10(17)7-13(11)18/h3-4,7-9H,5-6H2,1-2H3/b21-16+/t9-/m0/s1. The van der Waals surface area contributed by atoms with Gasteiger partial charge in [-0.05, 0) is 43.0 Å². The van der Waals surface area contributed by atoms with Crippen LogP contribution in [0.4, 0.5) is 0 Å². The van der Waals surface area contributed by atoms with Crippen LogP contribution in [0, 0.1) is 5.92 Å². The van der Waals surface area contributed by atoms with Gasteiger partial charge >= 0.3 is 0 Å². The number of rotatable bonds is 2. The maximum absolute atomic E-state index is 6.26. The second-order valence-electron chi connectivity index (χ2n) is 5.45. The fourth-order valence-corrected chi connectivity index (χ4v) is 3.19. The van der Waals surface area contributed by atoms with Gasteiger partial charge in [-0.25, -0.2) is 0 Å². The Morgan fingerprint density at radius 2 is 1.95 bits per heavy atom. The van der Waals surface area contributed by atoms with Gasteiger partial charge in [0.1, 0.15) is 7.11 Å². The summed E-state index contributed by atoms with van der Waals surface area (Å²) in [6.07, 6.45) is 1.75. The Morgan fingerprint density at radius 1 is 1.14 bits per heavy atom. The average molecular weight is 336 g/mol. The predicted octanol–water partition coefficient (Wildman–Crippen LogP) is 4.38. The molecule has 6 heteroatoms. The number of fused-ring (bicyclic) bond motifs is 1. The fourth-order valence-electron chi connectivity index (χ4n) is 2.69. The summed E-state index contributed by atoms with van der Waals surface area (Å²) in [5.74, 6) is 0.473. The second-order valence-corrected chi connectivity index (χ2v) is 6.29. The largest absolute Gasteiger partial charge is 0.399 e. The SMILES string of the molecule is CO/N=C1\C[C@@H](C)Cc2nnc(-c3ccc(Cl)cc3Cl)cc21. The Hall–Kier alpha value is -1.65. The van der Waals surface area contributed by atoms with E-state index in [1.807, 2.05) is 12.1 Å². The molecule has 1 atom stereocenters. The van der Waals surface area contributed by atoms with E-state index in [1.54, 1.807) is 19.2 Å². The van der Waals surface area contributed by atoms with Gasteiger partial charge in [0.2, 0.25) is 0 Å². The highest BCUT2D eigenvalue weighted by molar-refractivity contribution is 6.36. The molecule has 22 heavy (non-hydrogen) atoms. The average Bonchev–Trinajstić information content (AvgIpc) is 2.47. The van der Waals surface area contributed by atoms with Crippen molar-refractivity contribution >= 4 is 28.9 Å². The highest BCUT2D eigenvalue weighted by Crippen LogP contribution is 2.32. The Morgan fingerprint density at radius 3 is 2.68 bits per heavy atom. The van der Waals surface area contributed by atoms with Crippen molar-refractivity contribution in [3.63, 3.8) is 0 Å². The maximum atomic E-state index is 6.26. The molecule has 0 bridgehead atoms. The highest BCUT2D eigenvalue weighted by atomic mass is 35.5. The summed E-state index contributed by atoms with van der Waals surface area (Å²) in [4.78, 5) is 4.97. The molecule has 0 unspecified atom stereocenters. The monoisotopic (exact) mass is 335 g/mol. The number of benzene rings is 1. The topological polar surface area (TPSA) is 47.4 Å². The minimum atomic E-state index is 0.473. The van der Waals surface area contributed by atoms with Crippen molar-refractivity contribution in [2.45, 2.75) is 19.8 Å². The maximum Gasteiger partial charge on any atom is 0.106 e. The van der Waals surface area contributed by atoms with Crippen LogP contribution in [0.1, 0.15) is 24.6 Å². The molecule has 1 heterocycles. The Balaban J connectivity index is 2.10.